The third-order valence-electron chi connectivity index (χ3n) is 3.24. The first-order valence-corrected chi connectivity index (χ1v) is 8.38. The van der Waals surface area contributed by atoms with Gasteiger partial charge in [0.1, 0.15) is 31.0 Å². The van der Waals surface area contributed by atoms with E-state index in [0.717, 1.165) is 0 Å². The van der Waals surface area contributed by atoms with E-state index in [9.17, 15) is 14.6 Å². The molecule has 6 atom stereocenters. The van der Waals surface area contributed by atoms with Crippen molar-refractivity contribution in [3.8, 4) is 0 Å². The van der Waals surface area contributed by atoms with Gasteiger partial charge in [0.2, 0.25) is 0 Å². The van der Waals surface area contributed by atoms with E-state index in [1.165, 1.54) is 0 Å². The summed E-state index contributed by atoms with van der Waals surface area (Å²) in [5.74, 6) is -0.979. The number of aliphatic hydroxyl groups is 2. The average Bonchev–Trinajstić information content (AvgIpc) is 2.89. The molecule has 2 heterocycles. The summed E-state index contributed by atoms with van der Waals surface area (Å²) < 4.78 is 37.9. The maximum absolute atomic E-state index is 11.8. The summed E-state index contributed by atoms with van der Waals surface area (Å²) in [6, 6.07) is 0. The van der Waals surface area contributed by atoms with Crippen LogP contribution in [0, 0.1) is 0 Å². The van der Waals surface area contributed by atoms with Gasteiger partial charge in [0.05, 0.1) is 13.2 Å². The lowest BCUT2D eigenvalue weighted by Gasteiger charge is -2.32. The molecule has 2 aliphatic rings. The van der Waals surface area contributed by atoms with Gasteiger partial charge in [-0.1, -0.05) is 0 Å². The van der Waals surface area contributed by atoms with Crippen molar-refractivity contribution in [1.29, 1.82) is 0 Å². The number of rotatable bonds is 7. The number of aliphatic hydroxyl groups excluding tert-OH is 2. The summed E-state index contributed by atoms with van der Waals surface area (Å²) in [6.45, 7) is 2.77. The molecule has 0 spiro atoms. The van der Waals surface area contributed by atoms with E-state index in [-0.39, 0.29) is 13.2 Å². The van der Waals surface area contributed by atoms with Crippen molar-refractivity contribution >= 4 is 7.82 Å². The van der Waals surface area contributed by atoms with Crippen molar-refractivity contribution < 1.29 is 48.7 Å². The van der Waals surface area contributed by atoms with Gasteiger partial charge in [-0.25, -0.2) is 0 Å². The summed E-state index contributed by atoms with van der Waals surface area (Å²) in [4.78, 5) is 11.8. The molecule has 22 heavy (non-hydrogen) atoms. The molecule has 1 unspecified atom stereocenters. The number of phosphoric acid groups is 1. The Morgan fingerprint density at radius 1 is 1.45 bits per heavy atom. The SMILES string of the molecule is CC1(C)O[C@H]2O[C@H]([C@@H](O)CO)[C@H](OP(=O)([O-])OCC[NH3+])[C@H]2O1. The molecule has 10 nitrogen and oxygen atoms in total. The van der Waals surface area contributed by atoms with Crippen LogP contribution in [-0.4, -0.2) is 66.5 Å². The summed E-state index contributed by atoms with van der Waals surface area (Å²) >= 11 is 0. The summed E-state index contributed by atoms with van der Waals surface area (Å²) in [7, 11) is -4.64. The fraction of sp³-hybridized carbons (Fsp3) is 1.00. The predicted molar refractivity (Wildman–Crippen MR) is 68.0 cm³/mol. The maximum atomic E-state index is 11.8. The molecule has 2 fully saturated rings. The van der Waals surface area contributed by atoms with Crippen molar-refractivity contribution in [2.45, 2.75) is 50.3 Å². The Labute approximate surface area is 127 Å². The highest BCUT2D eigenvalue weighted by Crippen LogP contribution is 2.47. The Kier molecular flexibility index (Phi) is 5.61. The van der Waals surface area contributed by atoms with Crippen LogP contribution in [0.5, 0.6) is 0 Å². The second-order valence-corrected chi connectivity index (χ2v) is 6.89. The van der Waals surface area contributed by atoms with Crippen LogP contribution in [0.4, 0.5) is 0 Å². The summed E-state index contributed by atoms with van der Waals surface area (Å²) in [6.07, 6.45) is -5.44. The second-order valence-electron chi connectivity index (χ2n) is 5.52. The number of hydrogen-bond donors (Lipinski definition) is 3. The van der Waals surface area contributed by atoms with Gasteiger partial charge in [-0.05, 0) is 13.8 Å². The van der Waals surface area contributed by atoms with E-state index in [1.807, 2.05) is 0 Å². The van der Waals surface area contributed by atoms with E-state index in [4.69, 9.17) is 23.8 Å². The van der Waals surface area contributed by atoms with Crippen molar-refractivity contribution in [3.63, 3.8) is 0 Å². The first-order valence-electron chi connectivity index (χ1n) is 6.92. The van der Waals surface area contributed by atoms with E-state index in [1.54, 1.807) is 13.8 Å². The van der Waals surface area contributed by atoms with Crippen molar-refractivity contribution in [2.24, 2.45) is 0 Å². The lowest BCUT2D eigenvalue weighted by molar-refractivity contribution is -0.373. The van der Waals surface area contributed by atoms with Gasteiger partial charge in [-0.3, -0.25) is 4.57 Å². The molecule has 0 saturated carbocycles. The largest absolute Gasteiger partial charge is 0.756 e. The lowest BCUT2D eigenvalue weighted by Crippen LogP contribution is -2.52. The Bertz CT molecular complexity index is 434. The molecule has 130 valence electrons. The van der Waals surface area contributed by atoms with Gasteiger partial charge >= 0.3 is 0 Å². The minimum absolute atomic E-state index is 0.126. The second kappa shape index (κ2) is 6.78. The van der Waals surface area contributed by atoms with Crippen LogP contribution in [0.15, 0.2) is 0 Å². The van der Waals surface area contributed by atoms with E-state index >= 15 is 0 Å². The zero-order chi connectivity index (χ0) is 16.5. The number of fused-ring (bicyclic) bond motifs is 1. The fourth-order valence-corrected chi connectivity index (χ4v) is 3.35. The molecule has 0 aliphatic carbocycles. The molecule has 0 aromatic rings. The zero-order valence-corrected chi connectivity index (χ0v) is 13.3. The molecular weight excluding hydrogens is 321 g/mol. The average molecular weight is 343 g/mol. The third-order valence-corrected chi connectivity index (χ3v) is 4.24. The summed E-state index contributed by atoms with van der Waals surface area (Å²) in [5, 5.41) is 18.8. The maximum Gasteiger partial charge on any atom is 0.268 e. The van der Waals surface area contributed by atoms with E-state index in [2.05, 4.69) is 10.3 Å². The van der Waals surface area contributed by atoms with Gasteiger partial charge in [-0.2, -0.15) is 0 Å². The molecule has 0 bridgehead atoms. The molecule has 0 aromatic heterocycles. The van der Waals surface area contributed by atoms with Gasteiger partial charge in [0, 0.05) is 0 Å². The fourth-order valence-electron chi connectivity index (χ4n) is 2.39. The number of phosphoric ester groups is 1. The lowest BCUT2D eigenvalue weighted by atomic mass is 10.1. The van der Waals surface area contributed by atoms with Crippen LogP contribution >= 0.6 is 7.82 Å². The first kappa shape index (κ1) is 18.2. The van der Waals surface area contributed by atoms with E-state index < -0.39 is 50.9 Å². The smallest absolute Gasteiger partial charge is 0.268 e. The quantitative estimate of drug-likeness (QED) is 0.420. The molecule has 0 amide bonds. The first-order chi connectivity index (χ1) is 10.2. The van der Waals surface area contributed by atoms with Crippen molar-refractivity contribution in [1.82, 2.24) is 0 Å². The molecule has 11 heteroatoms. The molecular formula is C11H22NO9P. The molecule has 0 radical (unpaired) electrons. The Hall–Kier alpha value is -0.130. The topological polar surface area (TPSA) is 154 Å². The predicted octanol–water partition coefficient (Wildman–Crippen LogP) is -2.67. The van der Waals surface area contributed by atoms with Crippen molar-refractivity contribution in [2.75, 3.05) is 19.8 Å². The molecule has 2 saturated heterocycles. The Morgan fingerprint density at radius 3 is 2.73 bits per heavy atom. The molecule has 5 N–H and O–H groups in total. The Morgan fingerprint density at radius 2 is 2.14 bits per heavy atom. The van der Waals surface area contributed by atoms with Crippen molar-refractivity contribution in [3.05, 3.63) is 0 Å². The molecule has 0 aromatic carbocycles. The highest BCUT2D eigenvalue weighted by molar-refractivity contribution is 7.45. The third kappa shape index (κ3) is 4.04. The van der Waals surface area contributed by atoms with E-state index in [0.29, 0.717) is 0 Å². The van der Waals surface area contributed by atoms with Crippen LogP contribution in [0.1, 0.15) is 13.8 Å². The van der Waals surface area contributed by atoms with Crippen LogP contribution < -0.4 is 10.6 Å². The Balaban J connectivity index is 2.13. The summed E-state index contributed by atoms with van der Waals surface area (Å²) in [5.41, 5.74) is 3.47. The normalized spacial score (nSPS) is 37.7. The van der Waals surface area contributed by atoms with Crippen LogP contribution in [0.25, 0.3) is 0 Å². The van der Waals surface area contributed by atoms with Crippen LogP contribution in [0.2, 0.25) is 0 Å². The molecule has 2 aliphatic heterocycles. The van der Waals surface area contributed by atoms with Gasteiger partial charge in [-0.15, -0.1) is 0 Å². The number of ether oxygens (including phenoxy) is 3. The van der Waals surface area contributed by atoms with Crippen LogP contribution in [0.3, 0.4) is 0 Å². The minimum Gasteiger partial charge on any atom is -0.756 e. The molecule has 2 rings (SSSR count). The highest BCUT2D eigenvalue weighted by atomic mass is 31.2. The van der Waals surface area contributed by atoms with Gasteiger partial charge in [0.15, 0.2) is 12.1 Å². The standard InChI is InChI=1S/C11H22NO9P/c1-11(2)19-9-8(21-22(15,16)17-4-3-12)7(6(14)5-13)18-10(9)20-11/h6-10,13-14H,3-5,12H2,1-2H3,(H,15,16)/t6-,7+,8-,9+,10+/m0/s1. The monoisotopic (exact) mass is 343 g/mol. The van der Waals surface area contributed by atoms with Crippen LogP contribution in [-0.2, 0) is 27.8 Å². The zero-order valence-electron chi connectivity index (χ0n) is 12.4. The van der Waals surface area contributed by atoms with Gasteiger partial charge < -0.3 is 44.1 Å². The number of hydrogen-bond acceptors (Lipinski definition) is 9. The minimum atomic E-state index is -4.64. The number of quaternary nitrogens is 1. The highest BCUT2D eigenvalue weighted by Gasteiger charge is 2.57. The van der Waals surface area contributed by atoms with Gasteiger partial charge in [0.25, 0.3) is 7.82 Å².